The van der Waals surface area contributed by atoms with E-state index in [2.05, 4.69) is 39.0 Å². The number of rotatable bonds is 3. The van der Waals surface area contributed by atoms with E-state index in [1.54, 1.807) is 12.4 Å². The first-order valence-corrected chi connectivity index (χ1v) is 10.6. The summed E-state index contributed by atoms with van der Waals surface area (Å²) < 4.78 is 0. The average molecular weight is 422 g/mol. The normalized spacial score (nSPS) is 14.4. The fraction of sp³-hybridized carbons (Fsp3) is 0.200. The first kappa shape index (κ1) is 19.9. The smallest absolute Gasteiger partial charge is 0.142 e. The molecular formula is C25H23N7. The monoisotopic (exact) mass is 421 g/mol. The molecule has 4 aromatic rings. The Kier molecular flexibility index (Phi) is 5.13. The number of benzene rings is 1. The van der Waals surface area contributed by atoms with Crippen molar-refractivity contribution in [1.82, 2.24) is 19.9 Å². The summed E-state index contributed by atoms with van der Waals surface area (Å²) in [4.78, 5) is 18.3. The molecule has 5 rings (SSSR count). The molecule has 32 heavy (non-hydrogen) atoms. The third-order valence-corrected chi connectivity index (χ3v) is 5.91. The lowest BCUT2D eigenvalue weighted by Gasteiger charge is -2.34. The predicted octanol–water partition coefficient (Wildman–Crippen LogP) is 3.56. The van der Waals surface area contributed by atoms with Crippen LogP contribution in [0.25, 0.3) is 33.3 Å². The van der Waals surface area contributed by atoms with Crippen molar-refractivity contribution in [3.63, 3.8) is 0 Å². The summed E-state index contributed by atoms with van der Waals surface area (Å²) in [6.45, 7) is 3.65. The van der Waals surface area contributed by atoms with Gasteiger partial charge in [0.05, 0.1) is 11.2 Å². The third-order valence-electron chi connectivity index (χ3n) is 5.91. The van der Waals surface area contributed by atoms with Crippen LogP contribution in [0.4, 0.5) is 11.6 Å². The maximum Gasteiger partial charge on any atom is 0.142 e. The number of nitrogens with two attached hydrogens (primary N) is 1. The van der Waals surface area contributed by atoms with Crippen LogP contribution < -0.4 is 10.6 Å². The van der Waals surface area contributed by atoms with Crippen molar-refractivity contribution in [3.05, 3.63) is 66.5 Å². The Bertz CT molecular complexity index is 1320. The topological polar surface area (TPSA) is 95.0 Å². The lowest BCUT2D eigenvalue weighted by atomic mass is 9.97. The van der Waals surface area contributed by atoms with Gasteiger partial charge in [0.1, 0.15) is 23.3 Å². The Morgan fingerprint density at radius 2 is 1.78 bits per heavy atom. The molecule has 1 saturated heterocycles. The Balaban J connectivity index is 1.75. The minimum Gasteiger partial charge on any atom is -0.383 e. The molecule has 0 aliphatic carbocycles. The SMILES string of the molecule is CN1CCN(c2nc3ccccc3cc2-c2cc(-c3cccnc3)nc(N)c2C#N)CC1. The van der Waals surface area contributed by atoms with Gasteiger partial charge in [-0.3, -0.25) is 4.98 Å². The Morgan fingerprint density at radius 1 is 0.969 bits per heavy atom. The largest absolute Gasteiger partial charge is 0.383 e. The van der Waals surface area contributed by atoms with Crippen molar-refractivity contribution in [2.24, 2.45) is 0 Å². The Labute approximate surface area is 186 Å². The van der Waals surface area contributed by atoms with Gasteiger partial charge in [-0.2, -0.15) is 5.26 Å². The number of nitriles is 1. The van der Waals surface area contributed by atoms with Gasteiger partial charge >= 0.3 is 0 Å². The van der Waals surface area contributed by atoms with Crippen LogP contribution in [0.5, 0.6) is 0 Å². The second kappa shape index (κ2) is 8.25. The summed E-state index contributed by atoms with van der Waals surface area (Å²) in [5.74, 6) is 1.08. The molecule has 1 aliphatic heterocycles. The van der Waals surface area contributed by atoms with Gasteiger partial charge in [-0.25, -0.2) is 9.97 Å². The molecule has 4 heterocycles. The maximum absolute atomic E-state index is 9.95. The minimum absolute atomic E-state index is 0.210. The first-order valence-electron chi connectivity index (χ1n) is 10.6. The molecule has 2 N–H and O–H groups in total. The molecule has 1 aromatic carbocycles. The second-order valence-corrected chi connectivity index (χ2v) is 8.01. The van der Waals surface area contributed by atoms with E-state index in [4.69, 9.17) is 10.7 Å². The van der Waals surface area contributed by atoms with Crippen LogP contribution in [-0.2, 0) is 0 Å². The molecule has 0 spiro atoms. The van der Waals surface area contributed by atoms with E-state index in [1.807, 2.05) is 42.5 Å². The van der Waals surface area contributed by atoms with Gasteiger partial charge in [0.25, 0.3) is 0 Å². The molecule has 158 valence electrons. The minimum atomic E-state index is 0.210. The molecule has 0 atom stereocenters. The molecule has 0 radical (unpaired) electrons. The van der Waals surface area contributed by atoms with Crippen molar-refractivity contribution in [3.8, 4) is 28.5 Å². The Hall–Kier alpha value is -4.02. The molecule has 1 fully saturated rings. The highest BCUT2D eigenvalue weighted by molar-refractivity contribution is 5.93. The van der Waals surface area contributed by atoms with Crippen molar-refractivity contribution >= 4 is 22.5 Å². The van der Waals surface area contributed by atoms with E-state index in [0.29, 0.717) is 11.3 Å². The van der Waals surface area contributed by atoms with Crippen LogP contribution in [0.15, 0.2) is 60.9 Å². The zero-order valence-corrected chi connectivity index (χ0v) is 17.9. The highest BCUT2D eigenvalue weighted by atomic mass is 15.3. The standard InChI is InChI=1S/C25H23N7/c1-31-9-11-32(12-10-31)25-20(13-17-5-2-3-7-22(17)30-25)19-14-23(18-6-4-8-28-16-18)29-24(27)21(19)15-26/h2-8,13-14,16H,9-12H2,1H3,(H2,27,29). The number of hydrogen-bond donors (Lipinski definition) is 1. The molecule has 3 aromatic heterocycles. The Morgan fingerprint density at radius 3 is 2.53 bits per heavy atom. The number of para-hydroxylation sites is 1. The van der Waals surface area contributed by atoms with E-state index in [9.17, 15) is 5.26 Å². The van der Waals surface area contributed by atoms with Crippen LogP contribution in [0.1, 0.15) is 5.56 Å². The third kappa shape index (κ3) is 3.61. The molecular weight excluding hydrogens is 398 g/mol. The van der Waals surface area contributed by atoms with Gasteiger partial charge in [0, 0.05) is 60.6 Å². The summed E-state index contributed by atoms with van der Waals surface area (Å²) in [7, 11) is 2.13. The summed E-state index contributed by atoms with van der Waals surface area (Å²) in [5.41, 5.74) is 10.7. The summed E-state index contributed by atoms with van der Waals surface area (Å²) >= 11 is 0. The van der Waals surface area contributed by atoms with Crippen molar-refractivity contribution < 1.29 is 0 Å². The molecule has 0 bridgehead atoms. The van der Waals surface area contributed by atoms with Crippen LogP contribution >= 0.6 is 0 Å². The lowest BCUT2D eigenvalue weighted by molar-refractivity contribution is 0.312. The highest BCUT2D eigenvalue weighted by Gasteiger charge is 2.23. The quantitative estimate of drug-likeness (QED) is 0.540. The fourth-order valence-corrected chi connectivity index (χ4v) is 4.12. The molecule has 0 unspecified atom stereocenters. The van der Waals surface area contributed by atoms with Gasteiger partial charge in [-0.1, -0.05) is 18.2 Å². The van der Waals surface area contributed by atoms with Crippen molar-refractivity contribution in [1.29, 1.82) is 5.26 Å². The van der Waals surface area contributed by atoms with E-state index in [1.165, 1.54) is 0 Å². The van der Waals surface area contributed by atoms with Gasteiger partial charge < -0.3 is 15.5 Å². The number of fused-ring (bicyclic) bond motifs is 1. The number of likely N-dealkylation sites (N-methyl/N-ethyl adjacent to an activating group) is 1. The molecule has 1 aliphatic rings. The van der Waals surface area contributed by atoms with Crippen LogP contribution in [0, 0.1) is 11.3 Å². The summed E-state index contributed by atoms with van der Waals surface area (Å²) in [5, 5.41) is 11.0. The first-order chi connectivity index (χ1) is 15.6. The van der Waals surface area contributed by atoms with Gasteiger partial charge in [0.2, 0.25) is 0 Å². The van der Waals surface area contributed by atoms with Crippen LogP contribution in [0.3, 0.4) is 0 Å². The summed E-state index contributed by atoms with van der Waals surface area (Å²) in [6.07, 6.45) is 3.47. The molecule has 0 saturated carbocycles. The van der Waals surface area contributed by atoms with E-state index in [-0.39, 0.29) is 5.82 Å². The van der Waals surface area contributed by atoms with Crippen molar-refractivity contribution in [2.75, 3.05) is 43.9 Å². The number of anilines is 2. The van der Waals surface area contributed by atoms with E-state index < -0.39 is 0 Å². The number of hydrogen-bond acceptors (Lipinski definition) is 7. The zero-order valence-electron chi connectivity index (χ0n) is 17.9. The number of nitrogen functional groups attached to an aromatic ring is 1. The second-order valence-electron chi connectivity index (χ2n) is 8.01. The van der Waals surface area contributed by atoms with Crippen LogP contribution in [-0.4, -0.2) is 53.1 Å². The summed E-state index contributed by atoms with van der Waals surface area (Å²) in [6, 6.07) is 18.2. The molecule has 7 nitrogen and oxygen atoms in total. The van der Waals surface area contributed by atoms with Gasteiger partial charge in [0.15, 0.2) is 0 Å². The van der Waals surface area contributed by atoms with E-state index in [0.717, 1.165) is 59.6 Å². The lowest BCUT2D eigenvalue weighted by Crippen LogP contribution is -2.45. The number of aromatic nitrogens is 3. The average Bonchev–Trinajstić information content (AvgIpc) is 2.84. The number of piperazine rings is 1. The number of pyridine rings is 3. The van der Waals surface area contributed by atoms with Crippen LogP contribution in [0.2, 0.25) is 0 Å². The van der Waals surface area contributed by atoms with Gasteiger partial charge in [-0.05, 0) is 37.4 Å². The maximum atomic E-state index is 9.95. The number of nitrogens with zero attached hydrogens (tertiary/aromatic N) is 6. The van der Waals surface area contributed by atoms with E-state index >= 15 is 0 Å². The fourth-order valence-electron chi connectivity index (χ4n) is 4.12. The molecule has 7 heteroatoms. The highest BCUT2D eigenvalue weighted by Crippen LogP contribution is 2.38. The molecule has 0 amide bonds. The zero-order chi connectivity index (χ0) is 22.1. The van der Waals surface area contributed by atoms with Crippen molar-refractivity contribution in [2.45, 2.75) is 0 Å². The van der Waals surface area contributed by atoms with Gasteiger partial charge in [-0.15, -0.1) is 0 Å². The predicted molar refractivity (Wildman–Crippen MR) is 127 cm³/mol.